The lowest BCUT2D eigenvalue weighted by Crippen LogP contribution is -2.32. The molecule has 1 heterocycles. The van der Waals surface area contributed by atoms with Gasteiger partial charge in [-0.25, -0.2) is 5.48 Å². The molecule has 0 bridgehead atoms. The van der Waals surface area contributed by atoms with Gasteiger partial charge in [-0.05, 0) is 6.42 Å². The topological polar surface area (TPSA) is 67.4 Å². The second kappa shape index (κ2) is 3.92. The molecule has 1 saturated heterocycles. The number of nitrogens with one attached hydrogen (secondary N) is 2. The van der Waals surface area contributed by atoms with Crippen molar-refractivity contribution in [1.29, 1.82) is 0 Å². The van der Waals surface area contributed by atoms with Gasteiger partial charge in [0.05, 0.1) is 12.6 Å². The molecule has 2 N–H and O–H groups in total. The first-order chi connectivity index (χ1) is 5.33. The van der Waals surface area contributed by atoms with E-state index in [4.69, 9.17) is 0 Å². The van der Waals surface area contributed by atoms with Gasteiger partial charge < -0.3 is 5.32 Å². The molecule has 0 spiro atoms. The molecule has 0 aliphatic carbocycles. The van der Waals surface area contributed by atoms with Crippen LogP contribution in [0.3, 0.4) is 0 Å². The summed E-state index contributed by atoms with van der Waals surface area (Å²) in [5.41, 5.74) is 2.06. The van der Waals surface area contributed by atoms with Crippen LogP contribution in [0.25, 0.3) is 0 Å². The Hall–Kier alpha value is -1.10. The van der Waals surface area contributed by atoms with Crippen LogP contribution in [-0.2, 0) is 14.4 Å². The van der Waals surface area contributed by atoms with Gasteiger partial charge in [0.1, 0.15) is 0 Å². The van der Waals surface area contributed by atoms with Crippen molar-refractivity contribution < 1.29 is 14.4 Å². The SMILES string of the molecule is O=CNOCC1CCC(=O)N1. The quantitative estimate of drug-likeness (QED) is 0.311. The van der Waals surface area contributed by atoms with E-state index in [0.29, 0.717) is 19.4 Å². The zero-order chi connectivity index (χ0) is 8.10. The van der Waals surface area contributed by atoms with Gasteiger partial charge in [-0.3, -0.25) is 14.4 Å². The summed E-state index contributed by atoms with van der Waals surface area (Å²) in [5, 5.41) is 2.69. The van der Waals surface area contributed by atoms with Gasteiger partial charge in [0.25, 0.3) is 0 Å². The van der Waals surface area contributed by atoms with Crippen molar-refractivity contribution in [3.05, 3.63) is 0 Å². The van der Waals surface area contributed by atoms with Crippen molar-refractivity contribution in [3.63, 3.8) is 0 Å². The summed E-state index contributed by atoms with van der Waals surface area (Å²) in [4.78, 5) is 25.0. The Morgan fingerprint density at radius 2 is 2.64 bits per heavy atom. The van der Waals surface area contributed by atoms with E-state index in [1.165, 1.54) is 0 Å². The normalized spacial score (nSPS) is 22.9. The summed E-state index contributed by atoms with van der Waals surface area (Å²) in [6.07, 6.45) is 1.78. The summed E-state index contributed by atoms with van der Waals surface area (Å²) in [7, 11) is 0. The van der Waals surface area contributed by atoms with Gasteiger partial charge in [-0.15, -0.1) is 0 Å². The highest BCUT2D eigenvalue weighted by molar-refractivity contribution is 5.78. The van der Waals surface area contributed by atoms with E-state index in [0.717, 1.165) is 6.42 Å². The number of hydroxylamine groups is 1. The molecule has 0 aromatic heterocycles. The molecular formula is C6H10N2O3. The first-order valence-electron chi connectivity index (χ1n) is 3.43. The van der Waals surface area contributed by atoms with Crippen LogP contribution in [-0.4, -0.2) is 25.0 Å². The molecule has 1 atom stereocenters. The molecule has 5 heteroatoms. The lowest BCUT2D eigenvalue weighted by Gasteiger charge is -2.07. The fraction of sp³-hybridized carbons (Fsp3) is 0.667. The van der Waals surface area contributed by atoms with Crippen LogP contribution < -0.4 is 10.8 Å². The van der Waals surface area contributed by atoms with Crippen molar-refractivity contribution in [2.75, 3.05) is 6.61 Å². The third-order valence-electron chi connectivity index (χ3n) is 1.50. The van der Waals surface area contributed by atoms with Gasteiger partial charge in [0, 0.05) is 6.42 Å². The monoisotopic (exact) mass is 158 g/mol. The minimum Gasteiger partial charge on any atom is -0.351 e. The van der Waals surface area contributed by atoms with Gasteiger partial charge in [-0.1, -0.05) is 0 Å². The number of carbonyl (C=O) groups is 2. The summed E-state index contributed by atoms with van der Waals surface area (Å²) in [6.45, 7) is 0.338. The second-order valence-corrected chi connectivity index (χ2v) is 2.35. The Bertz CT molecular complexity index is 160. The third kappa shape index (κ3) is 2.55. The van der Waals surface area contributed by atoms with Crippen LogP contribution in [0.4, 0.5) is 0 Å². The van der Waals surface area contributed by atoms with Gasteiger partial charge >= 0.3 is 0 Å². The molecule has 1 fully saturated rings. The van der Waals surface area contributed by atoms with E-state index in [9.17, 15) is 9.59 Å². The molecule has 1 aliphatic rings. The molecule has 0 aromatic rings. The highest BCUT2D eigenvalue weighted by Gasteiger charge is 2.20. The van der Waals surface area contributed by atoms with E-state index in [1.54, 1.807) is 0 Å². The van der Waals surface area contributed by atoms with Crippen LogP contribution in [0.15, 0.2) is 0 Å². The Morgan fingerprint density at radius 1 is 1.82 bits per heavy atom. The average Bonchev–Trinajstić information content (AvgIpc) is 2.37. The number of amides is 2. The Kier molecular flexibility index (Phi) is 2.85. The zero-order valence-electron chi connectivity index (χ0n) is 6.00. The molecule has 0 radical (unpaired) electrons. The van der Waals surface area contributed by atoms with Crippen LogP contribution in [0.5, 0.6) is 0 Å². The molecule has 1 unspecified atom stereocenters. The molecule has 2 amide bonds. The number of hydrogen-bond donors (Lipinski definition) is 2. The molecule has 62 valence electrons. The predicted molar refractivity (Wildman–Crippen MR) is 36.3 cm³/mol. The molecule has 0 saturated carbocycles. The van der Waals surface area contributed by atoms with E-state index in [1.807, 2.05) is 0 Å². The molecule has 5 nitrogen and oxygen atoms in total. The Morgan fingerprint density at radius 3 is 3.18 bits per heavy atom. The van der Waals surface area contributed by atoms with Crippen molar-refractivity contribution in [2.24, 2.45) is 0 Å². The van der Waals surface area contributed by atoms with E-state index >= 15 is 0 Å². The van der Waals surface area contributed by atoms with Gasteiger partial charge in [0.2, 0.25) is 12.3 Å². The maximum absolute atomic E-state index is 10.6. The van der Waals surface area contributed by atoms with E-state index in [2.05, 4.69) is 15.6 Å². The van der Waals surface area contributed by atoms with E-state index < -0.39 is 0 Å². The minimum absolute atomic E-state index is 0.0460. The highest BCUT2D eigenvalue weighted by Crippen LogP contribution is 2.05. The van der Waals surface area contributed by atoms with Crippen LogP contribution in [0.2, 0.25) is 0 Å². The van der Waals surface area contributed by atoms with Crippen molar-refractivity contribution in [3.8, 4) is 0 Å². The van der Waals surface area contributed by atoms with Gasteiger partial charge in [0.15, 0.2) is 0 Å². The van der Waals surface area contributed by atoms with Crippen LogP contribution in [0.1, 0.15) is 12.8 Å². The summed E-state index contributed by atoms with van der Waals surface area (Å²) < 4.78 is 0. The lowest BCUT2D eigenvalue weighted by atomic mass is 10.2. The maximum atomic E-state index is 10.6. The van der Waals surface area contributed by atoms with Crippen molar-refractivity contribution in [2.45, 2.75) is 18.9 Å². The summed E-state index contributed by atoms with van der Waals surface area (Å²) >= 11 is 0. The average molecular weight is 158 g/mol. The molecule has 0 aromatic carbocycles. The van der Waals surface area contributed by atoms with Crippen molar-refractivity contribution in [1.82, 2.24) is 10.8 Å². The highest BCUT2D eigenvalue weighted by atomic mass is 16.6. The fourth-order valence-electron chi connectivity index (χ4n) is 0.985. The Labute approximate surface area is 64.0 Å². The standard InChI is InChI=1S/C6H10N2O3/c9-4-7-11-3-5-1-2-6(10)8-5/h4-5H,1-3H2,(H,7,9)(H,8,10). The zero-order valence-corrected chi connectivity index (χ0v) is 6.00. The maximum Gasteiger partial charge on any atom is 0.230 e. The fourth-order valence-corrected chi connectivity index (χ4v) is 0.985. The number of carbonyl (C=O) groups excluding carboxylic acids is 2. The van der Waals surface area contributed by atoms with E-state index in [-0.39, 0.29) is 11.9 Å². The van der Waals surface area contributed by atoms with Gasteiger partial charge in [-0.2, -0.15) is 0 Å². The predicted octanol–water partition coefficient (Wildman–Crippen LogP) is -1.06. The second-order valence-electron chi connectivity index (χ2n) is 2.35. The molecule has 1 aliphatic heterocycles. The summed E-state index contributed by atoms with van der Waals surface area (Å²) in [6, 6.07) is 0.0509. The number of hydrogen-bond acceptors (Lipinski definition) is 3. The smallest absolute Gasteiger partial charge is 0.230 e. The molecule has 11 heavy (non-hydrogen) atoms. The minimum atomic E-state index is 0.0460. The summed E-state index contributed by atoms with van der Waals surface area (Å²) in [5.74, 6) is 0.0460. The number of rotatable bonds is 4. The third-order valence-corrected chi connectivity index (χ3v) is 1.50. The van der Waals surface area contributed by atoms with Crippen LogP contribution >= 0.6 is 0 Å². The lowest BCUT2D eigenvalue weighted by molar-refractivity contribution is -0.121. The molecule has 1 rings (SSSR count). The molecular weight excluding hydrogens is 148 g/mol. The first kappa shape index (κ1) is 8.00. The largest absolute Gasteiger partial charge is 0.351 e. The first-order valence-corrected chi connectivity index (χ1v) is 3.43. The Balaban J connectivity index is 2.08. The van der Waals surface area contributed by atoms with Crippen LogP contribution in [0, 0.1) is 0 Å². The van der Waals surface area contributed by atoms with Crippen molar-refractivity contribution >= 4 is 12.3 Å².